The van der Waals surface area contributed by atoms with Gasteiger partial charge in [0, 0.05) is 37.8 Å². The van der Waals surface area contributed by atoms with E-state index < -0.39 is 0 Å². The maximum absolute atomic E-state index is 12.6. The number of likely N-dealkylation sites (tertiary alicyclic amines) is 1. The van der Waals surface area contributed by atoms with Gasteiger partial charge in [0.1, 0.15) is 0 Å². The molecule has 1 atom stereocenters. The van der Waals surface area contributed by atoms with Crippen molar-refractivity contribution in [3.63, 3.8) is 0 Å². The van der Waals surface area contributed by atoms with E-state index in [2.05, 4.69) is 22.0 Å². The molecule has 2 saturated heterocycles. The van der Waals surface area contributed by atoms with E-state index in [1.54, 1.807) is 11.3 Å². The number of rotatable bonds is 7. The summed E-state index contributed by atoms with van der Waals surface area (Å²) in [5.41, 5.74) is 1.75. The Balaban J connectivity index is 1.30. The van der Waals surface area contributed by atoms with Gasteiger partial charge in [-0.1, -0.05) is 24.7 Å². The molecule has 0 radical (unpaired) electrons. The van der Waals surface area contributed by atoms with E-state index in [1.807, 2.05) is 18.2 Å². The number of hydrogen-bond donors (Lipinski definition) is 1. The van der Waals surface area contributed by atoms with E-state index in [1.165, 1.54) is 51.5 Å². The highest BCUT2D eigenvalue weighted by molar-refractivity contribution is 7.22. The lowest BCUT2D eigenvalue weighted by atomic mass is 10.00. The number of carbonyl (C=O) groups is 1. The largest absolute Gasteiger partial charge is 0.352 e. The molecule has 1 aromatic carbocycles. The zero-order chi connectivity index (χ0) is 20.1. The maximum atomic E-state index is 12.6. The number of piperidine rings is 2. The fraction of sp³-hybridized carbons (Fsp3) is 0.652. The lowest BCUT2D eigenvalue weighted by Gasteiger charge is -2.35. The molecule has 1 N–H and O–H groups in total. The zero-order valence-electron chi connectivity index (χ0n) is 17.7. The molecule has 2 fully saturated rings. The van der Waals surface area contributed by atoms with Crippen molar-refractivity contribution in [3.05, 3.63) is 23.8 Å². The van der Waals surface area contributed by atoms with Crippen LogP contribution in [0.5, 0.6) is 0 Å². The normalized spacial score (nSPS) is 20.9. The molecular weight excluding hydrogens is 380 g/mol. The Bertz CT molecular complexity index is 814. The molecule has 0 aliphatic carbocycles. The summed E-state index contributed by atoms with van der Waals surface area (Å²) in [7, 11) is 0. The number of carbonyl (C=O) groups excluding carboxylic acids is 1. The lowest BCUT2D eigenvalue weighted by Crippen LogP contribution is -2.40. The van der Waals surface area contributed by atoms with Crippen LogP contribution in [-0.4, -0.2) is 54.6 Å². The molecule has 0 spiro atoms. The number of thiazole rings is 1. The average Bonchev–Trinajstić information content (AvgIpc) is 3.21. The Morgan fingerprint density at radius 2 is 2.00 bits per heavy atom. The second kappa shape index (κ2) is 9.90. The van der Waals surface area contributed by atoms with Crippen molar-refractivity contribution in [3.8, 4) is 0 Å². The standard InChI is InChI=1S/C23H34N4OS/c1-2-19-9-4-7-13-26(19)16-8-12-24-22(28)18-10-11-20-21(17-18)29-23(25-20)27-14-5-3-6-15-27/h10-11,17,19H,2-9,12-16H2,1H3,(H,24,28)/t19-/m0/s1. The number of hydrogen-bond acceptors (Lipinski definition) is 5. The molecule has 1 aromatic heterocycles. The van der Waals surface area contributed by atoms with Crippen LogP contribution in [0.3, 0.4) is 0 Å². The first kappa shape index (κ1) is 20.6. The molecule has 0 saturated carbocycles. The van der Waals surface area contributed by atoms with Crippen LogP contribution in [-0.2, 0) is 0 Å². The smallest absolute Gasteiger partial charge is 0.251 e. The summed E-state index contributed by atoms with van der Waals surface area (Å²) >= 11 is 1.71. The molecule has 0 bridgehead atoms. The van der Waals surface area contributed by atoms with Gasteiger partial charge in [-0.2, -0.15) is 0 Å². The van der Waals surface area contributed by atoms with Crippen LogP contribution in [0.2, 0.25) is 0 Å². The summed E-state index contributed by atoms with van der Waals surface area (Å²) in [5, 5.41) is 4.22. The zero-order valence-corrected chi connectivity index (χ0v) is 18.5. The van der Waals surface area contributed by atoms with Crippen molar-refractivity contribution in [1.29, 1.82) is 0 Å². The summed E-state index contributed by atoms with van der Waals surface area (Å²) in [6.07, 6.45) is 10.1. The van der Waals surface area contributed by atoms with Gasteiger partial charge in [0.15, 0.2) is 5.13 Å². The van der Waals surface area contributed by atoms with Gasteiger partial charge in [0.05, 0.1) is 10.2 Å². The SMILES string of the molecule is CC[C@H]1CCCCN1CCCNC(=O)c1ccc2nc(N3CCCCC3)sc2c1. The topological polar surface area (TPSA) is 48.5 Å². The fourth-order valence-electron chi connectivity index (χ4n) is 4.68. The van der Waals surface area contributed by atoms with Gasteiger partial charge in [-0.05, 0) is 69.7 Å². The molecule has 158 valence electrons. The van der Waals surface area contributed by atoms with Crippen LogP contribution in [0.25, 0.3) is 10.2 Å². The number of benzene rings is 1. The Morgan fingerprint density at radius 1 is 1.17 bits per heavy atom. The van der Waals surface area contributed by atoms with Gasteiger partial charge in [-0.15, -0.1) is 0 Å². The third kappa shape index (κ3) is 5.10. The molecule has 2 aliphatic rings. The van der Waals surface area contributed by atoms with E-state index in [0.29, 0.717) is 0 Å². The minimum atomic E-state index is 0.0329. The summed E-state index contributed by atoms with van der Waals surface area (Å²) in [4.78, 5) is 22.4. The number of fused-ring (bicyclic) bond motifs is 1. The summed E-state index contributed by atoms with van der Waals surface area (Å²) in [5.74, 6) is 0.0329. The first-order chi connectivity index (χ1) is 14.2. The highest BCUT2D eigenvalue weighted by atomic mass is 32.1. The van der Waals surface area contributed by atoms with Crippen molar-refractivity contribution in [2.45, 2.75) is 64.3 Å². The van der Waals surface area contributed by atoms with Crippen LogP contribution in [0.1, 0.15) is 68.6 Å². The molecule has 2 aliphatic heterocycles. The first-order valence-electron chi connectivity index (χ1n) is 11.4. The number of nitrogens with zero attached hydrogens (tertiary/aromatic N) is 3. The van der Waals surface area contributed by atoms with Crippen LogP contribution in [0.15, 0.2) is 18.2 Å². The molecular formula is C23H34N4OS. The van der Waals surface area contributed by atoms with Crippen LogP contribution in [0, 0.1) is 0 Å². The Kier molecular flexibility index (Phi) is 7.03. The second-order valence-electron chi connectivity index (χ2n) is 8.43. The first-order valence-corrected chi connectivity index (χ1v) is 12.2. The quantitative estimate of drug-likeness (QED) is 0.669. The minimum absolute atomic E-state index is 0.0329. The monoisotopic (exact) mass is 414 g/mol. The maximum Gasteiger partial charge on any atom is 0.251 e. The van der Waals surface area contributed by atoms with E-state index in [9.17, 15) is 4.79 Å². The van der Waals surface area contributed by atoms with Crippen molar-refractivity contribution >= 4 is 32.6 Å². The fourth-order valence-corrected chi connectivity index (χ4v) is 5.73. The Hall–Kier alpha value is -1.66. The lowest BCUT2D eigenvalue weighted by molar-refractivity contribution is 0.0947. The molecule has 5 nitrogen and oxygen atoms in total. The van der Waals surface area contributed by atoms with Gasteiger partial charge in [-0.25, -0.2) is 4.98 Å². The molecule has 29 heavy (non-hydrogen) atoms. The highest BCUT2D eigenvalue weighted by Crippen LogP contribution is 2.31. The molecule has 1 amide bonds. The van der Waals surface area contributed by atoms with Crippen molar-refractivity contribution in [2.75, 3.05) is 37.6 Å². The highest BCUT2D eigenvalue weighted by Gasteiger charge is 2.20. The third-order valence-electron chi connectivity index (χ3n) is 6.39. The Morgan fingerprint density at radius 3 is 2.83 bits per heavy atom. The van der Waals surface area contributed by atoms with E-state index in [-0.39, 0.29) is 5.91 Å². The summed E-state index contributed by atoms with van der Waals surface area (Å²) in [6.45, 7) is 7.54. The minimum Gasteiger partial charge on any atom is -0.352 e. The van der Waals surface area contributed by atoms with Crippen LogP contribution in [0.4, 0.5) is 5.13 Å². The molecule has 4 rings (SSSR count). The third-order valence-corrected chi connectivity index (χ3v) is 7.47. The number of anilines is 1. The second-order valence-corrected chi connectivity index (χ2v) is 9.44. The molecule has 3 heterocycles. The van der Waals surface area contributed by atoms with Gasteiger partial charge in [0.2, 0.25) is 0 Å². The van der Waals surface area contributed by atoms with Crippen molar-refractivity contribution < 1.29 is 4.79 Å². The predicted octanol–water partition coefficient (Wildman–Crippen LogP) is 4.67. The van der Waals surface area contributed by atoms with Crippen LogP contribution >= 0.6 is 11.3 Å². The van der Waals surface area contributed by atoms with E-state index in [4.69, 9.17) is 4.98 Å². The van der Waals surface area contributed by atoms with Crippen molar-refractivity contribution in [1.82, 2.24) is 15.2 Å². The summed E-state index contributed by atoms with van der Waals surface area (Å²) in [6, 6.07) is 6.65. The average molecular weight is 415 g/mol. The van der Waals surface area contributed by atoms with Crippen molar-refractivity contribution in [2.24, 2.45) is 0 Å². The van der Waals surface area contributed by atoms with Gasteiger partial charge >= 0.3 is 0 Å². The molecule has 2 aromatic rings. The van der Waals surface area contributed by atoms with Gasteiger partial charge < -0.3 is 15.1 Å². The molecule has 0 unspecified atom stereocenters. The number of nitrogens with one attached hydrogen (secondary N) is 1. The van der Waals surface area contributed by atoms with Crippen LogP contribution < -0.4 is 10.2 Å². The Labute approximate surface area is 178 Å². The summed E-state index contributed by atoms with van der Waals surface area (Å²) < 4.78 is 1.11. The number of aromatic nitrogens is 1. The predicted molar refractivity (Wildman–Crippen MR) is 122 cm³/mol. The number of amides is 1. The van der Waals surface area contributed by atoms with Gasteiger partial charge in [0.25, 0.3) is 5.91 Å². The molecule has 6 heteroatoms. The van der Waals surface area contributed by atoms with Gasteiger partial charge in [-0.3, -0.25) is 4.79 Å². The van der Waals surface area contributed by atoms with E-state index >= 15 is 0 Å². The van der Waals surface area contributed by atoms with E-state index in [0.717, 1.165) is 59.6 Å².